The number of hydrogen-bond acceptors (Lipinski definition) is 2. The normalized spacial score (nSPS) is 29.6. The standard InChI is InChI=1S/C16H21NO2/c18-10-15(6-11-4-2-1-3-5-11)17-16(19)14-8-12-7-13(12)9-14/h1-5,12-15,18H,6-10H2,(H,17,19)/t12?,13?,14?,15-/m0/s1. The van der Waals surface area contributed by atoms with Crippen LogP contribution in [0.2, 0.25) is 0 Å². The van der Waals surface area contributed by atoms with Gasteiger partial charge in [-0.15, -0.1) is 0 Å². The van der Waals surface area contributed by atoms with Gasteiger partial charge in [-0.05, 0) is 43.1 Å². The molecular weight excluding hydrogens is 238 g/mol. The summed E-state index contributed by atoms with van der Waals surface area (Å²) >= 11 is 0. The van der Waals surface area contributed by atoms with E-state index in [1.54, 1.807) is 0 Å². The van der Waals surface area contributed by atoms with Gasteiger partial charge in [-0.1, -0.05) is 30.3 Å². The smallest absolute Gasteiger partial charge is 0.223 e. The van der Waals surface area contributed by atoms with E-state index in [1.807, 2.05) is 30.3 Å². The van der Waals surface area contributed by atoms with Gasteiger partial charge in [-0.25, -0.2) is 0 Å². The van der Waals surface area contributed by atoms with Crippen LogP contribution in [0.5, 0.6) is 0 Å². The minimum atomic E-state index is -0.160. The molecule has 1 aromatic carbocycles. The number of fused-ring (bicyclic) bond motifs is 1. The first-order valence-electron chi connectivity index (χ1n) is 7.21. The van der Waals surface area contributed by atoms with Crippen LogP contribution in [-0.4, -0.2) is 23.7 Å². The topological polar surface area (TPSA) is 49.3 Å². The summed E-state index contributed by atoms with van der Waals surface area (Å²) in [6.07, 6.45) is 4.14. The Morgan fingerprint density at radius 3 is 2.53 bits per heavy atom. The van der Waals surface area contributed by atoms with Crippen molar-refractivity contribution in [2.24, 2.45) is 17.8 Å². The van der Waals surface area contributed by atoms with Crippen LogP contribution in [-0.2, 0) is 11.2 Å². The van der Waals surface area contributed by atoms with Gasteiger partial charge in [0.05, 0.1) is 12.6 Å². The summed E-state index contributed by atoms with van der Waals surface area (Å²) in [6, 6.07) is 9.83. The molecule has 0 saturated heterocycles. The SMILES string of the molecule is O=C(N[C@H](CO)Cc1ccccc1)C1CC2CC2C1. The summed E-state index contributed by atoms with van der Waals surface area (Å²) < 4.78 is 0. The summed E-state index contributed by atoms with van der Waals surface area (Å²) in [5.41, 5.74) is 1.15. The van der Waals surface area contributed by atoms with E-state index in [0.29, 0.717) is 6.42 Å². The van der Waals surface area contributed by atoms with Crippen LogP contribution < -0.4 is 5.32 Å². The number of nitrogens with one attached hydrogen (secondary N) is 1. The summed E-state index contributed by atoms with van der Waals surface area (Å²) in [5.74, 6) is 1.96. The van der Waals surface area contributed by atoms with E-state index in [-0.39, 0.29) is 24.5 Å². The van der Waals surface area contributed by atoms with Crippen molar-refractivity contribution in [1.29, 1.82) is 0 Å². The van der Waals surface area contributed by atoms with Crippen molar-refractivity contribution in [3.63, 3.8) is 0 Å². The summed E-state index contributed by atoms with van der Waals surface area (Å²) in [5, 5.41) is 12.4. The predicted octanol–water partition coefficient (Wildman–Crippen LogP) is 1.75. The van der Waals surface area contributed by atoms with Crippen molar-refractivity contribution >= 4 is 5.91 Å². The highest BCUT2D eigenvalue weighted by atomic mass is 16.3. The molecule has 2 saturated carbocycles. The van der Waals surface area contributed by atoms with Crippen molar-refractivity contribution in [2.75, 3.05) is 6.61 Å². The Hall–Kier alpha value is -1.35. The van der Waals surface area contributed by atoms with Gasteiger partial charge < -0.3 is 10.4 Å². The maximum absolute atomic E-state index is 12.1. The summed E-state index contributed by atoms with van der Waals surface area (Å²) in [6.45, 7) is 0.000210. The second-order valence-corrected chi connectivity index (χ2v) is 6.00. The van der Waals surface area contributed by atoms with E-state index in [4.69, 9.17) is 0 Å². The second kappa shape index (κ2) is 5.33. The molecular formula is C16H21NO2. The largest absolute Gasteiger partial charge is 0.394 e. The van der Waals surface area contributed by atoms with Crippen LogP contribution in [0.25, 0.3) is 0 Å². The fourth-order valence-corrected chi connectivity index (χ4v) is 3.31. The van der Waals surface area contributed by atoms with Gasteiger partial charge in [0.1, 0.15) is 0 Å². The minimum absolute atomic E-state index is 0.000210. The van der Waals surface area contributed by atoms with E-state index in [1.165, 1.54) is 6.42 Å². The third kappa shape index (κ3) is 2.98. The fourth-order valence-electron chi connectivity index (χ4n) is 3.31. The Bertz CT molecular complexity index is 435. The number of rotatable bonds is 5. The van der Waals surface area contributed by atoms with Gasteiger partial charge in [-0.2, -0.15) is 0 Å². The van der Waals surface area contributed by atoms with Gasteiger partial charge in [0.2, 0.25) is 5.91 Å². The molecule has 1 amide bonds. The number of benzene rings is 1. The molecule has 3 nitrogen and oxygen atoms in total. The van der Waals surface area contributed by atoms with Gasteiger partial charge in [0.15, 0.2) is 0 Å². The van der Waals surface area contributed by atoms with Crippen LogP contribution in [0.4, 0.5) is 0 Å². The molecule has 19 heavy (non-hydrogen) atoms. The Morgan fingerprint density at radius 1 is 1.21 bits per heavy atom. The maximum Gasteiger partial charge on any atom is 0.223 e. The Morgan fingerprint density at radius 2 is 1.89 bits per heavy atom. The molecule has 0 aliphatic heterocycles. The van der Waals surface area contributed by atoms with Gasteiger partial charge >= 0.3 is 0 Å². The Balaban J connectivity index is 1.53. The minimum Gasteiger partial charge on any atom is -0.394 e. The lowest BCUT2D eigenvalue weighted by Crippen LogP contribution is -2.42. The van der Waals surface area contributed by atoms with E-state index in [9.17, 15) is 9.90 Å². The van der Waals surface area contributed by atoms with Gasteiger partial charge in [-0.3, -0.25) is 4.79 Å². The zero-order chi connectivity index (χ0) is 13.2. The van der Waals surface area contributed by atoms with Crippen molar-refractivity contribution in [1.82, 2.24) is 5.32 Å². The molecule has 1 aromatic rings. The number of amides is 1. The first-order chi connectivity index (χ1) is 9.26. The molecule has 2 aliphatic rings. The van der Waals surface area contributed by atoms with Crippen molar-refractivity contribution in [2.45, 2.75) is 31.7 Å². The highest BCUT2D eigenvalue weighted by Gasteiger charge is 2.48. The highest BCUT2D eigenvalue weighted by Crippen LogP contribution is 2.54. The first kappa shape index (κ1) is 12.7. The Kier molecular flexibility index (Phi) is 3.56. The molecule has 2 unspecified atom stereocenters. The molecule has 2 aliphatic carbocycles. The molecule has 0 radical (unpaired) electrons. The van der Waals surface area contributed by atoms with E-state index < -0.39 is 0 Å². The van der Waals surface area contributed by atoms with Crippen LogP contribution in [0.15, 0.2) is 30.3 Å². The van der Waals surface area contributed by atoms with E-state index in [2.05, 4.69) is 5.32 Å². The van der Waals surface area contributed by atoms with Crippen molar-refractivity contribution < 1.29 is 9.90 Å². The lowest BCUT2D eigenvalue weighted by atomic mass is 10.0. The maximum atomic E-state index is 12.1. The lowest BCUT2D eigenvalue weighted by Gasteiger charge is -2.19. The average Bonchev–Trinajstić information content (AvgIpc) is 3.05. The Labute approximate surface area is 114 Å². The number of hydrogen-bond donors (Lipinski definition) is 2. The number of carbonyl (C=O) groups is 1. The quantitative estimate of drug-likeness (QED) is 0.846. The molecule has 3 rings (SSSR count). The van der Waals surface area contributed by atoms with Crippen molar-refractivity contribution in [3.8, 4) is 0 Å². The molecule has 3 atom stereocenters. The monoisotopic (exact) mass is 259 g/mol. The molecule has 3 heteroatoms. The number of aliphatic hydroxyl groups is 1. The lowest BCUT2D eigenvalue weighted by molar-refractivity contribution is -0.126. The highest BCUT2D eigenvalue weighted by molar-refractivity contribution is 5.79. The molecule has 0 spiro atoms. The average molecular weight is 259 g/mol. The zero-order valence-corrected chi connectivity index (χ0v) is 11.1. The number of aliphatic hydroxyl groups excluding tert-OH is 1. The fraction of sp³-hybridized carbons (Fsp3) is 0.562. The number of carbonyl (C=O) groups excluding carboxylic acids is 1. The molecule has 2 N–H and O–H groups in total. The third-order valence-corrected chi connectivity index (χ3v) is 4.51. The van der Waals surface area contributed by atoms with Crippen LogP contribution >= 0.6 is 0 Å². The summed E-state index contributed by atoms with van der Waals surface area (Å²) in [4.78, 5) is 12.1. The molecule has 2 fully saturated rings. The predicted molar refractivity (Wildman–Crippen MR) is 73.5 cm³/mol. The second-order valence-electron chi connectivity index (χ2n) is 6.00. The van der Waals surface area contributed by atoms with E-state index in [0.717, 1.165) is 30.2 Å². The van der Waals surface area contributed by atoms with Crippen molar-refractivity contribution in [3.05, 3.63) is 35.9 Å². The molecule has 0 bridgehead atoms. The van der Waals surface area contributed by atoms with E-state index >= 15 is 0 Å². The third-order valence-electron chi connectivity index (χ3n) is 4.51. The van der Waals surface area contributed by atoms with Gasteiger partial charge in [0.25, 0.3) is 0 Å². The molecule has 102 valence electrons. The van der Waals surface area contributed by atoms with Crippen LogP contribution in [0, 0.1) is 17.8 Å². The first-order valence-corrected chi connectivity index (χ1v) is 7.21. The molecule has 0 aromatic heterocycles. The zero-order valence-electron chi connectivity index (χ0n) is 11.1. The van der Waals surface area contributed by atoms with Gasteiger partial charge in [0, 0.05) is 5.92 Å². The van der Waals surface area contributed by atoms with Crippen LogP contribution in [0.1, 0.15) is 24.8 Å². The summed E-state index contributed by atoms with van der Waals surface area (Å²) in [7, 11) is 0. The molecule has 0 heterocycles. The van der Waals surface area contributed by atoms with Crippen LogP contribution in [0.3, 0.4) is 0 Å².